The van der Waals surface area contributed by atoms with Crippen LogP contribution in [0.3, 0.4) is 0 Å². The minimum Gasteiger partial charge on any atom is -0.464 e. The van der Waals surface area contributed by atoms with E-state index in [-0.39, 0.29) is 27.4 Å². The van der Waals surface area contributed by atoms with Crippen molar-refractivity contribution in [2.75, 3.05) is 12.4 Å². The molecule has 0 unspecified atom stereocenters. The average molecular weight is 477 g/mol. The van der Waals surface area contributed by atoms with Crippen molar-refractivity contribution >= 4 is 40.8 Å². The molecule has 1 aromatic heterocycles. The van der Waals surface area contributed by atoms with Crippen LogP contribution in [0.25, 0.3) is 5.69 Å². The zero-order valence-corrected chi connectivity index (χ0v) is 17.9. The Kier molecular flexibility index (Phi) is 5.72. The second-order valence-electron chi connectivity index (χ2n) is 6.72. The van der Waals surface area contributed by atoms with Crippen molar-refractivity contribution in [3.8, 4) is 17.2 Å². The van der Waals surface area contributed by atoms with E-state index in [0.29, 0.717) is 24.3 Å². The number of esters is 1. The van der Waals surface area contributed by atoms with E-state index in [2.05, 4.69) is 15.2 Å². The first-order valence-corrected chi connectivity index (χ1v) is 9.94. The number of nitrogens with one attached hydrogen (secondary N) is 2. The van der Waals surface area contributed by atoms with Gasteiger partial charge in [-0.15, -0.1) is 0 Å². The number of nitrogens with zero attached hydrogens (tertiary/aromatic N) is 2. The van der Waals surface area contributed by atoms with E-state index >= 15 is 0 Å². The van der Waals surface area contributed by atoms with Gasteiger partial charge in [0, 0.05) is 12.1 Å². The largest absolute Gasteiger partial charge is 0.464 e. The number of benzene rings is 2. The Balaban J connectivity index is 1.69. The van der Waals surface area contributed by atoms with Gasteiger partial charge in [-0.3, -0.25) is 14.6 Å². The molecule has 0 bridgehead atoms. The fraction of sp³-hybridized carbons (Fsp3) is 0.150. The van der Waals surface area contributed by atoms with Crippen LogP contribution in [0.4, 0.5) is 5.69 Å². The molecular formula is C20H14Cl2N4O6. The molecule has 2 heterocycles. The van der Waals surface area contributed by atoms with E-state index in [9.17, 15) is 19.2 Å². The molecule has 2 aromatic carbocycles. The number of ether oxygens (including phenoxy) is 2. The lowest BCUT2D eigenvalue weighted by molar-refractivity contribution is -0.116. The van der Waals surface area contributed by atoms with Crippen LogP contribution < -0.4 is 21.3 Å². The minimum atomic E-state index is -1.01. The molecule has 4 rings (SSSR count). The van der Waals surface area contributed by atoms with Crippen molar-refractivity contribution in [2.45, 2.75) is 12.8 Å². The van der Waals surface area contributed by atoms with Gasteiger partial charge in [0.2, 0.25) is 11.6 Å². The number of carbonyl (C=O) groups excluding carboxylic acids is 2. The number of rotatable bonds is 4. The predicted molar refractivity (Wildman–Crippen MR) is 115 cm³/mol. The molecule has 2 N–H and O–H groups in total. The van der Waals surface area contributed by atoms with E-state index in [4.69, 9.17) is 27.9 Å². The van der Waals surface area contributed by atoms with Gasteiger partial charge in [-0.05, 0) is 42.3 Å². The van der Waals surface area contributed by atoms with Gasteiger partial charge < -0.3 is 14.8 Å². The lowest BCUT2D eigenvalue weighted by Gasteiger charge is -2.18. The highest BCUT2D eigenvalue weighted by molar-refractivity contribution is 6.37. The number of H-pyrrole nitrogens is 1. The maximum absolute atomic E-state index is 12.2. The first-order valence-electron chi connectivity index (χ1n) is 9.19. The van der Waals surface area contributed by atoms with Crippen molar-refractivity contribution in [1.29, 1.82) is 0 Å². The number of aromatic amines is 1. The van der Waals surface area contributed by atoms with Gasteiger partial charge in [-0.1, -0.05) is 23.2 Å². The molecule has 32 heavy (non-hydrogen) atoms. The highest BCUT2D eigenvalue weighted by Crippen LogP contribution is 2.39. The summed E-state index contributed by atoms with van der Waals surface area (Å²) in [6.07, 6.45) is 0.948. The molecule has 0 saturated carbocycles. The van der Waals surface area contributed by atoms with Crippen LogP contribution >= 0.6 is 23.2 Å². The molecular weight excluding hydrogens is 463 g/mol. The highest BCUT2D eigenvalue weighted by Gasteiger charge is 2.20. The average Bonchev–Trinajstić information content (AvgIpc) is 2.75. The second kappa shape index (κ2) is 8.48. The van der Waals surface area contributed by atoms with Crippen molar-refractivity contribution in [3.05, 3.63) is 72.5 Å². The SMILES string of the molecule is COC(=O)c1nn(-c2cc(Cl)c(Oc3ccc4c(c3)CCC(=O)N4)c(Cl)c2)c(=O)[nH]c1=O. The molecule has 0 aliphatic carbocycles. The van der Waals surface area contributed by atoms with Gasteiger partial charge in [0.05, 0.1) is 22.8 Å². The van der Waals surface area contributed by atoms with Gasteiger partial charge in [-0.2, -0.15) is 9.78 Å². The zero-order valence-electron chi connectivity index (χ0n) is 16.4. The number of anilines is 1. The maximum atomic E-state index is 12.2. The number of fused-ring (bicyclic) bond motifs is 1. The van der Waals surface area contributed by atoms with Crippen molar-refractivity contribution in [1.82, 2.24) is 14.8 Å². The van der Waals surface area contributed by atoms with Crippen LogP contribution in [0, 0.1) is 0 Å². The minimum absolute atomic E-state index is 0.0469. The molecule has 10 nitrogen and oxygen atoms in total. The van der Waals surface area contributed by atoms with Gasteiger partial charge in [0.15, 0.2) is 5.75 Å². The Morgan fingerprint density at radius 3 is 2.50 bits per heavy atom. The molecule has 1 amide bonds. The van der Waals surface area contributed by atoms with E-state index in [1.54, 1.807) is 18.2 Å². The topological polar surface area (TPSA) is 132 Å². The molecule has 0 spiro atoms. The number of amides is 1. The number of hydrogen-bond acceptors (Lipinski definition) is 7. The summed E-state index contributed by atoms with van der Waals surface area (Å²) in [6, 6.07) is 7.83. The summed E-state index contributed by atoms with van der Waals surface area (Å²) in [6.45, 7) is 0. The maximum Gasteiger partial charge on any atom is 0.364 e. The Labute approximate surface area is 189 Å². The molecule has 0 saturated heterocycles. The number of carbonyl (C=O) groups is 2. The van der Waals surface area contributed by atoms with Crippen LogP contribution in [-0.4, -0.2) is 33.8 Å². The normalized spacial score (nSPS) is 12.7. The molecule has 0 atom stereocenters. The molecule has 1 aliphatic heterocycles. The van der Waals surface area contributed by atoms with Crippen molar-refractivity contribution in [2.24, 2.45) is 0 Å². The fourth-order valence-electron chi connectivity index (χ4n) is 3.11. The second-order valence-corrected chi connectivity index (χ2v) is 7.53. The van der Waals surface area contributed by atoms with E-state index < -0.39 is 22.9 Å². The fourth-order valence-corrected chi connectivity index (χ4v) is 3.67. The molecule has 1 aliphatic rings. The number of halogens is 2. The Bertz CT molecular complexity index is 1360. The zero-order chi connectivity index (χ0) is 23.0. The number of hydrogen-bond donors (Lipinski definition) is 2. The van der Waals surface area contributed by atoms with Crippen LogP contribution in [-0.2, 0) is 16.0 Å². The Morgan fingerprint density at radius 1 is 1.09 bits per heavy atom. The standard InChI is InChI=1S/C20H14Cl2N4O6/c1-31-19(29)16-18(28)24-20(30)26(25-16)10-7-12(21)17(13(22)8-10)32-11-3-4-14-9(6-11)2-5-15(27)23-14/h3-4,6-8H,2,5H2,1H3,(H,23,27)(H,24,28,30). The van der Waals surface area contributed by atoms with Crippen LogP contribution in [0.5, 0.6) is 11.5 Å². The van der Waals surface area contributed by atoms with Gasteiger partial charge >= 0.3 is 11.7 Å². The summed E-state index contributed by atoms with van der Waals surface area (Å²) in [5.74, 6) is -0.485. The first kappa shape index (κ1) is 21.6. The summed E-state index contributed by atoms with van der Waals surface area (Å²) in [5.41, 5.74) is -0.789. The van der Waals surface area contributed by atoms with E-state index in [1.807, 2.05) is 4.98 Å². The molecule has 164 valence electrons. The van der Waals surface area contributed by atoms with Crippen LogP contribution in [0.15, 0.2) is 39.9 Å². The molecule has 0 radical (unpaired) electrons. The number of aryl methyl sites for hydroxylation is 1. The quantitative estimate of drug-likeness (QED) is 0.553. The molecule has 12 heteroatoms. The third kappa shape index (κ3) is 4.10. The van der Waals surface area contributed by atoms with Crippen molar-refractivity contribution < 1.29 is 19.1 Å². The monoisotopic (exact) mass is 476 g/mol. The third-order valence-electron chi connectivity index (χ3n) is 4.63. The number of methoxy groups -OCH3 is 1. The lowest BCUT2D eigenvalue weighted by Crippen LogP contribution is -2.36. The van der Waals surface area contributed by atoms with Crippen LogP contribution in [0.2, 0.25) is 10.0 Å². The first-order chi connectivity index (χ1) is 15.3. The van der Waals surface area contributed by atoms with Crippen LogP contribution in [0.1, 0.15) is 22.5 Å². The van der Waals surface area contributed by atoms with Gasteiger partial charge in [0.25, 0.3) is 5.56 Å². The van der Waals surface area contributed by atoms with Crippen molar-refractivity contribution in [3.63, 3.8) is 0 Å². The third-order valence-corrected chi connectivity index (χ3v) is 5.19. The smallest absolute Gasteiger partial charge is 0.364 e. The summed E-state index contributed by atoms with van der Waals surface area (Å²) >= 11 is 12.7. The summed E-state index contributed by atoms with van der Waals surface area (Å²) in [5, 5.41) is 6.65. The van der Waals surface area contributed by atoms with E-state index in [1.165, 1.54) is 12.1 Å². The van der Waals surface area contributed by atoms with Gasteiger partial charge in [0.1, 0.15) is 5.75 Å². The lowest BCUT2D eigenvalue weighted by atomic mass is 10.0. The molecule has 3 aromatic rings. The Hall–Kier alpha value is -3.63. The van der Waals surface area contributed by atoms with Gasteiger partial charge in [-0.25, -0.2) is 9.59 Å². The Morgan fingerprint density at radius 2 is 1.81 bits per heavy atom. The van der Waals surface area contributed by atoms with E-state index in [0.717, 1.165) is 17.4 Å². The molecule has 0 fully saturated rings. The predicted octanol–water partition coefficient (Wildman–Crippen LogP) is 2.69. The summed E-state index contributed by atoms with van der Waals surface area (Å²) in [7, 11) is 1.08. The summed E-state index contributed by atoms with van der Waals surface area (Å²) < 4.78 is 11.1. The number of aromatic nitrogens is 3. The summed E-state index contributed by atoms with van der Waals surface area (Å²) in [4.78, 5) is 49.2. The highest BCUT2D eigenvalue weighted by atomic mass is 35.5.